The maximum absolute atomic E-state index is 10.6. The highest BCUT2D eigenvalue weighted by Gasteiger charge is 2.16. The van der Waals surface area contributed by atoms with Crippen molar-refractivity contribution in [2.75, 3.05) is 6.26 Å². The standard InChI is InChI=1S/C6H9NO3S/c1-3-4(8)7-5(11-2)6(9)10/h3,5H,1H2,2H3,(H,7,8)(H,9,10). The Morgan fingerprint density at radius 1 is 1.73 bits per heavy atom. The first kappa shape index (κ1) is 10.0. The SMILES string of the molecule is C=CC(=O)NC(SC)C(=O)O. The summed E-state index contributed by atoms with van der Waals surface area (Å²) in [5.41, 5.74) is 0. The van der Waals surface area contributed by atoms with Crippen molar-refractivity contribution in [2.45, 2.75) is 5.37 Å². The molecule has 1 amide bonds. The Morgan fingerprint density at radius 2 is 2.27 bits per heavy atom. The number of carboxylic acids is 1. The molecule has 0 aromatic rings. The molecule has 0 bridgehead atoms. The van der Waals surface area contributed by atoms with Crippen LogP contribution >= 0.6 is 11.8 Å². The molecule has 0 aromatic heterocycles. The van der Waals surface area contributed by atoms with E-state index in [1.807, 2.05) is 0 Å². The Kier molecular flexibility index (Phi) is 4.36. The summed E-state index contributed by atoms with van der Waals surface area (Å²) >= 11 is 1.04. The fourth-order valence-corrected chi connectivity index (χ4v) is 0.845. The number of carboxylic acid groups (broad SMARTS) is 1. The zero-order valence-corrected chi connectivity index (χ0v) is 6.85. The van der Waals surface area contributed by atoms with Crippen molar-refractivity contribution in [1.82, 2.24) is 5.32 Å². The van der Waals surface area contributed by atoms with E-state index in [1.165, 1.54) is 0 Å². The molecule has 0 rings (SSSR count). The Labute approximate surface area is 68.7 Å². The second-order valence-corrected chi connectivity index (χ2v) is 2.61. The first-order valence-corrected chi connectivity index (χ1v) is 4.09. The number of amides is 1. The predicted octanol–water partition coefficient (Wildman–Crippen LogP) is 0.0623. The van der Waals surface area contributed by atoms with E-state index in [9.17, 15) is 9.59 Å². The molecule has 0 radical (unpaired) electrons. The number of thioether (sulfide) groups is 1. The lowest BCUT2D eigenvalue weighted by Gasteiger charge is -2.08. The van der Waals surface area contributed by atoms with Gasteiger partial charge >= 0.3 is 5.97 Å². The van der Waals surface area contributed by atoms with Crippen LogP contribution < -0.4 is 5.32 Å². The van der Waals surface area contributed by atoms with Gasteiger partial charge in [0.1, 0.15) is 0 Å². The molecule has 1 atom stereocenters. The van der Waals surface area contributed by atoms with Crippen molar-refractivity contribution in [3.8, 4) is 0 Å². The molecule has 1 unspecified atom stereocenters. The minimum atomic E-state index is -1.06. The van der Waals surface area contributed by atoms with Crippen molar-refractivity contribution >= 4 is 23.6 Å². The van der Waals surface area contributed by atoms with Crippen molar-refractivity contribution in [1.29, 1.82) is 0 Å². The van der Waals surface area contributed by atoms with Gasteiger partial charge in [-0.25, -0.2) is 4.79 Å². The summed E-state index contributed by atoms with van der Waals surface area (Å²) in [6.07, 6.45) is 2.63. The molecule has 2 N–H and O–H groups in total. The van der Waals surface area contributed by atoms with E-state index in [-0.39, 0.29) is 0 Å². The second-order valence-electron chi connectivity index (χ2n) is 1.67. The van der Waals surface area contributed by atoms with Crippen LogP contribution in [0.5, 0.6) is 0 Å². The molecule has 11 heavy (non-hydrogen) atoms. The van der Waals surface area contributed by atoms with E-state index in [4.69, 9.17) is 5.11 Å². The number of hydrogen-bond acceptors (Lipinski definition) is 3. The minimum Gasteiger partial charge on any atom is -0.479 e. The maximum atomic E-state index is 10.6. The van der Waals surface area contributed by atoms with Gasteiger partial charge in [0.2, 0.25) is 5.91 Å². The van der Waals surface area contributed by atoms with Gasteiger partial charge in [-0.1, -0.05) is 6.58 Å². The Morgan fingerprint density at radius 3 is 2.55 bits per heavy atom. The van der Waals surface area contributed by atoms with Gasteiger partial charge in [-0.2, -0.15) is 0 Å². The van der Waals surface area contributed by atoms with Gasteiger partial charge in [-0.05, 0) is 12.3 Å². The number of carbonyl (C=O) groups is 2. The lowest BCUT2D eigenvalue weighted by molar-refractivity contribution is -0.138. The van der Waals surface area contributed by atoms with Crippen LogP contribution in [0.3, 0.4) is 0 Å². The van der Waals surface area contributed by atoms with Gasteiger partial charge in [-0.15, -0.1) is 11.8 Å². The summed E-state index contributed by atoms with van der Waals surface area (Å²) < 4.78 is 0. The predicted molar refractivity (Wildman–Crippen MR) is 43.3 cm³/mol. The van der Waals surface area contributed by atoms with Gasteiger partial charge < -0.3 is 10.4 Å². The monoisotopic (exact) mass is 175 g/mol. The topological polar surface area (TPSA) is 66.4 Å². The molecule has 0 fully saturated rings. The molecule has 0 saturated heterocycles. The van der Waals surface area contributed by atoms with Crippen molar-refractivity contribution in [3.63, 3.8) is 0 Å². The molecule has 0 heterocycles. The Hall–Kier alpha value is -0.970. The lowest BCUT2D eigenvalue weighted by Crippen LogP contribution is -2.36. The number of carbonyl (C=O) groups excluding carboxylic acids is 1. The van der Waals surface area contributed by atoms with E-state index < -0.39 is 17.3 Å². The van der Waals surface area contributed by atoms with Crippen molar-refractivity contribution in [2.24, 2.45) is 0 Å². The average Bonchev–Trinajstić information content (AvgIpc) is 1.99. The smallest absolute Gasteiger partial charge is 0.336 e. The normalized spacial score (nSPS) is 11.7. The van der Waals surface area contributed by atoms with Crippen LogP contribution in [0.4, 0.5) is 0 Å². The summed E-state index contributed by atoms with van der Waals surface area (Å²) in [5.74, 6) is -1.54. The summed E-state index contributed by atoms with van der Waals surface area (Å²) in [6, 6.07) is 0. The van der Waals surface area contributed by atoms with Crippen LogP contribution in [0.25, 0.3) is 0 Å². The summed E-state index contributed by atoms with van der Waals surface area (Å²) in [6.45, 7) is 3.19. The van der Waals surface area contributed by atoms with Crippen LogP contribution in [0.2, 0.25) is 0 Å². The van der Waals surface area contributed by atoms with Crippen LogP contribution in [0.15, 0.2) is 12.7 Å². The van der Waals surface area contributed by atoms with Crippen LogP contribution in [0, 0.1) is 0 Å². The van der Waals surface area contributed by atoms with Gasteiger partial charge in [0.25, 0.3) is 0 Å². The Bertz CT molecular complexity index is 181. The number of nitrogens with one attached hydrogen (secondary N) is 1. The molecular weight excluding hydrogens is 166 g/mol. The molecule has 0 saturated carbocycles. The van der Waals surface area contributed by atoms with Crippen LogP contribution in [-0.4, -0.2) is 28.6 Å². The molecule has 0 spiro atoms. The zero-order valence-electron chi connectivity index (χ0n) is 6.03. The van der Waals surface area contributed by atoms with E-state index in [2.05, 4.69) is 11.9 Å². The van der Waals surface area contributed by atoms with Crippen molar-refractivity contribution < 1.29 is 14.7 Å². The summed E-state index contributed by atoms with van der Waals surface area (Å²) in [4.78, 5) is 20.9. The number of hydrogen-bond donors (Lipinski definition) is 2. The van der Waals surface area contributed by atoms with Gasteiger partial charge in [0, 0.05) is 0 Å². The van der Waals surface area contributed by atoms with Gasteiger partial charge in [0.05, 0.1) is 0 Å². The zero-order chi connectivity index (χ0) is 8.85. The molecule has 0 aliphatic rings. The third kappa shape index (κ3) is 3.67. The molecule has 62 valence electrons. The molecule has 0 aliphatic heterocycles. The highest BCUT2D eigenvalue weighted by atomic mass is 32.2. The van der Waals surface area contributed by atoms with E-state index in [1.54, 1.807) is 6.26 Å². The van der Waals surface area contributed by atoms with E-state index in [0.717, 1.165) is 17.8 Å². The summed E-state index contributed by atoms with van der Waals surface area (Å²) in [7, 11) is 0. The largest absolute Gasteiger partial charge is 0.479 e. The fraction of sp³-hybridized carbons (Fsp3) is 0.333. The second kappa shape index (κ2) is 4.79. The number of rotatable bonds is 4. The highest BCUT2D eigenvalue weighted by molar-refractivity contribution is 7.99. The summed E-state index contributed by atoms with van der Waals surface area (Å²) in [5, 5.41) is 9.78. The molecule has 0 aliphatic carbocycles. The average molecular weight is 175 g/mol. The minimum absolute atomic E-state index is 0.480. The molecular formula is C6H9NO3S. The van der Waals surface area contributed by atoms with Crippen molar-refractivity contribution in [3.05, 3.63) is 12.7 Å². The van der Waals surface area contributed by atoms with E-state index >= 15 is 0 Å². The Balaban J connectivity index is 3.97. The third-order valence-corrected chi connectivity index (χ3v) is 1.71. The van der Waals surface area contributed by atoms with E-state index in [0.29, 0.717) is 0 Å². The number of aliphatic carboxylic acids is 1. The highest BCUT2D eigenvalue weighted by Crippen LogP contribution is 2.01. The lowest BCUT2D eigenvalue weighted by atomic mass is 10.5. The quantitative estimate of drug-likeness (QED) is 0.468. The molecule has 0 aromatic carbocycles. The fourth-order valence-electron chi connectivity index (χ4n) is 0.410. The molecule has 5 heteroatoms. The first-order valence-electron chi connectivity index (χ1n) is 2.80. The third-order valence-electron chi connectivity index (χ3n) is 0.919. The maximum Gasteiger partial charge on any atom is 0.336 e. The van der Waals surface area contributed by atoms with Gasteiger partial charge in [0.15, 0.2) is 5.37 Å². The molecule has 4 nitrogen and oxygen atoms in total. The van der Waals surface area contributed by atoms with Crippen LogP contribution in [-0.2, 0) is 9.59 Å². The van der Waals surface area contributed by atoms with Crippen LogP contribution in [0.1, 0.15) is 0 Å². The van der Waals surface area contributed by atoms with Gasteiger partial charge in [-0.3, -0.25) is 4.79 Å². The first-order chi connectivity index (χ1) is 5.11.